The first-order valence-corrected chi connectivity index (χ1v) is 7.60. The second kappa shape index (κ2) is 7.79. The van der Waals surface area contributed by atoms with Crippen LogP contribution in [0, 0.1) is 0 Å². The van der Waals surface area contributed by atoms with E-state index in [0.717, 1.165) is 25.1 Å². The molecule has 1 heterocycles. The molecule has 2 aromatic rings. The molecule has 0 radical (unpaired) electrons. The summed E-state index contributed by atoms with van der Waals surface area (Å²) in [6, 6.07) is 10.6. The highest BCUT2D eigenvalue weighted by atomic mass is 16.5. The zero-order chi connectivity index (χ0) is 15.1. The van der Waals surface area contributed by atoms with Crippen molar-refractivity contribution in [2.75, 3.05) is 13.7 Å². The second-order valence-corrected chi connectivity index (χ2v) is 5.09. The van der Waals surface area contributed by atoms with Crippen LogP contribution in [0.25, 0.3) is 0 Å². The van der Waals surface area contributed by atoms with Crippen LogP contribution < -0.4 is 10.1 Å². The van der Waals surface area contributed by atoms with Crippen LogP contribution in [0.4, 0.5) is 0 Å². The van der Waals surface area contributed by atoms with Crippen LogP contribution in [0.15, 0.2) is 42.7 Å². The molecule has 3 nitrogen and oxygen atoms in total. The van der Waals surface area contributed by atoms with Gasteiger partial charge in [0, 0.05) is 12.4 Å². The molecule has 1 N–H and O–H groups in total. The van der Waals surface area contributed by atoms with Crippen LogP contribution >= 0.6 is 0 Å². The topological polar surface area (TPSA) is 34.1 Å². The normalized spacial score (nSPS) is 12.1. The van der Waals surface area contributed by atoms with Crippen molar-refractivity contribution in [2.45, 2.75) is 32.7 Å². The van der Waals surface area contributed by atoms with Crippen LogP contribution in [-0.2, 0) is 6.42 Å². The molecular weight excluding hydrogens is 260 g/mol. The fourth-order valence-corrected chi connectivity index (χ4v) is 2.51. The van der Waals surface area contributed by atoms with E-state index in [9.17, 15) is 0 Å². The molecule has 112 valence electrons. The molecular formula is C18H24N2O. The van der Waals surface area contributed by atoms with E-state index in [-0.39, 0.29) is 6.04 Å². The number of methoxy groups -OCH3 is 1. The van der Waals surface area contributed by atoms with Crippen molar-refractivity contribution in [3.8, 4) is 5.75 Å². The second-order valence-electron chi connectivity index (χ2n) is 5.09. The minimum absolute atomic E-state index is 0.203. The lowest BCUT2D eigenvalue weighted by molar-refractivity contribution is 0.414. The molecule has 0 bridgehead atoms. The van der Waals surface area contributed by atoms with Crippen molar-refractivity contribution in [1.29, 1.82) is 0 Å². The van der Waals surface area contributed by atoms with Crippen molar-refractivity contribution in [1.82, 2.24) is 10.3 Å². The summed E-state index contributed by atoms with van der Waals surface area (Å²) in [5, 5.41) is 3.65. The third-order valence-corrected chi connectivity index (χ3v) is 3.68. The van der Waals surface area contributed by atoms with Crippen molar-refractivity contribution in [3.05, 3.63) is 59.4 Å². The Kier molecular flexibility index (Phi) is 5.76. The smallest absolute Gasteiger partial charge is 0.118 e. The maximum atomic E-state index is 5.25. The SMILES string of the molecule is CCCNC(c1ccc(OC)cc1)c1ccncc1CC. The number of aromatic nitrogens is 1. The third kappa shape index (κ3) is 3.82. The summed E-state index contributed by atoms with van der Waals surface area (Å²) in [5.41, 5.74) is 3.86. The molecule has 0 saturated carbocycles. The molecule has 1 unspecified atom stereocenters. The van der Waals surface area contributed by atoms with Crippen LogP contribution in [-0.4, -0.2) is 18.6 Å². The van der Waals surface area contributed by atoms with Crippen LogP contribution in [0.5, 0.6) is 5.75 Å². The highest BCUT2D eigenvalue weighted by Crippen LogP contribution is 2.26. The Morgan fingerprint density at radius 3 is 2.52 bits per heavy atom. The zero-order valence-corrected chi connectivity index (χ0v) is 13.1. The molecule has 1 aromatic carbocycles. The first-order valence-electron chi connectivity index (χ1n) is 7.60. The van der Waals surface area contributed by atoms with Gasteiger partial charge in [0.1, 0.15) is 5.75 Å². The Bertz CT molecular complexity index is 551. The van der Waals surface area contributed by atoms with E-state index in [2.05, 4.69) is 42.3 Å². The van der Waals surface area contributed by atoms with Crippen molar-refractivity contribution in [2.24, 2.45) is 0 Å². The summed E-state index contributed by atoms with van der Waals surface area (Å²) in [6.45, 7) is 5.35. The minimum atomic E-state index is 0.203. The maximum absolute atomic E-state index is 5.25. The van der Waals surface area contributed by atoms with Gasteiger partial charge in [0.15, 0.2) is 0 Å². The number of rotatable bonds is 7. The number of aryl methyl sites for hydroxylation is 1. The van der Waals surface area contributed by atoms with Gasteiger partial charge >= 0.3 is 0 Å². The summed E-state index contributed by atoms with van der Waals surface area (Å²) in [7, 11) is 1.69. The van der Waals surface area contributed by atoms with Gasteiger partial charge in [-0.05, 0) is 54.3 Å². The van der Waals surface area contributed by atoms with Gasteiger partial charge in [0.05, 0.1) is 13.2 Å². The van der Waals surface area contributed by atoms with Gasteiger partial charge in [-0.3, -0.25) is 4.98 Å². The van der Waals surface area contributed by atoms with Gasteiger partial charge in [-0.25, -0.2) is 0 Å². The van der Waals surface area contributed by atoms with Gasteiger partial charge in [-0.15, -0.1) is 0 Å². The average Bonchev–Trinajstić information content (AvgIpc) is 2.56. The number of nitrogens with zero attached hydrogens (tertiary/aromatic N) is 1. The fourth-order valence-electron chi connectivity index (χ4n) is 2.51. The summed E-state index contributed by atoms with van der Waals surface area (Å²) in [4.78, 5) is 4.25. The number of hydrogen-bond acceptors (Lipinski definition) is 3. The molecule has 1 atom stereocenters. The first-order chi connectivity index (χ1) is 10.3. The molecule has 0 aliphatic carbocycles. The Morgan fingerprint density at radius 1 is 1.14 bits per heavy atom. The largest absolute Gasteiger partial charge is 0.497 e. The monoisotopic (exact) mass is 284 g/mol. The van der Waals surface area contributed by atoms with E-state index >= 15 is 0 Å². The Balaban J connectivity index is 2.36. The van der Waals surface area contributed by atoms with E-state index in [4.69, 9.17) is 4.74 Å². The summed E-state index contributed by atoms with van der Waals surface area (Å²) in [5.74, 6) is 0.887. The van der Waals surface area contributed by atoms with Gasteiger partial charge < -0.3 is 10.1 Å². The molecule has 0 fully saturated rings. The van der Waals surface area contributed by atoms with E-state index in [0.29, 0.717) is 0 Å². The number of benzene rings is 1. The standard InChI is InChI=1S/C18H24N2O/c1-4-11-20-18(15-6-8-16(21-3)9-7-15)17-10-12-19-13-14(17)5-2/h6-10,12-13,18,20H,4-5,11H2,1-3H3. The Labute approximate surface area is 127 Å². The van der Waals surface area contributed by atoms with Crippen molar-refractivity contribution in [3.63, 3.8) is 0 Å². The van der Waals surface area contributed by atoms with Crippen LogP contribution in [0.2, 0.25) is 0 Å². The molecule has 0 saturated heterocycles. The molecule has 3 heteroatoms. The van der Waals surface area contributed by atoms with E-state index in [1.807, 2.05) is 24.5 Å². The molecule has 2 rings (SSSR count). The highest BCUT2D eigenvalue weighted by Gasteiger charge is 2.16. The predicted octanol–water partition coefficient (Wildman–Crippen LogP) is 3.74. The Morgan fingerprint density at radius 2 is 1.90 bits per heavy atom. The van der Waals surface area contributed by atoms with Gasteiger partial charge in [0.25, 0.3) is 0 Å². The van der Waals surface area contributed by atoms with Gasteiger partial charge in [-0.2, -0.15) is 0 Å². The fraction of sp³-hybridized carbons (Fsp3) is 0.389. The van der Waals surface area contributed by atoms with Crippen molar-refractivity contribution >= 4 is 0 Å². The predicted molar refractivity (Wildman–Crippen MR) is 86.7 cm³/mol. The molecule has 21 heavy (non-hydrogen) atoms. The average molecular weight is 284 g/mol. The van der Waals surface area contributed by atoms with Crippen LogP contribution in [0.1, 0.15) is 43.0 Å². The quantitative estimate of drug-likeness (QED) is 0.841. The maximum Gasteiger partial charge on any atom is 0.118 e. The number of nitrogens with one attached hydrogen (secondary N) is 1. The van der Waals surface area contributed by atoms with E-state index < -0.39 is 0 Å². The lowest BCUT2D eigenvalue weighted by Crippen LogP contribution is -2.24. The lowest BCUT2D eigenvalue weighted by atomic mass is 9.94. The zero-order valence-electron chi connectivity index (χ0n) is 13.1. The molecule has 0 aliphatic rings. The molecule has 0 spiro atoms. The summed E-state index contributed by atoms with van der Waals surface area (Å²) in [6.07, 6.45) is 5.95. The lowest BCUT2D eigenvalue weighted by Gasteiger charge is -2.22. The molecule has 0 amide bonds. The third-order valence-electron chi connectivity index (χ3n) is 3.68. The van der Waals surface area contributed by atoms with Gasteiger partial charge in [-0.1, -0.05) is 26.0 Å². The van der Waals surface area contributed by atoms with Crippen molar-refractivity contribution < 1.29 is 4.74 Å². The number of ether oxygens (including phenoxy) is 1. The highest BCUT2D eigenvalue weighted by molar-refractivity contribution is 5.38. The summed E-state index contributed by atoms with van der Waals surface area (Å²) >= 11 is 0. The Hall–Kier alpha value is -1.87. The van der Waals surface area contributed by atoms with Gasteiger partial charge in [0.2, 0.25) is 0 Å². The minimum Gasteiger partial charge on any atom is -0.497 e. The number of hydrogen-bond donors (Lipinski definition) is 1. The van der Waals surface area contributed by atoms with E-state index in [1.165, 1.54) is 16.7 Å². The molecule has 1 aromatic heterocycles. The number of pyridine rings is 1. The molecule has 0 aliphatic heterocycles. The van der Waals surface area contributed by atoms with E-state index in [1.54, 1.807) is 7.11 Å². The summed E-state index contributed by atoms with van der Waals surface area (Å²) < 4.78 is 5.25. The first kappa shape index (κ1) is 15.5. The van der Waals surface area contributed by atoms with Crippen LogP contribution in [0.3, 0.4) is 0 Å².